The Balaban J connectivity index is 1.94. The lowest BCUT2D eigenvalue weighted by atomic mass is 10.2. The fourth-order valence-corrected chi connectivity index (χ4v) is 3.58. The largest absolute Gasteiger partial charge is 0.321 e. The van der Waals surface area contributed by atoms with Crippen molar-refractivity contribution in [2.24, 2.45) is 0 Å². The Bertz CT molecular complexity index is 844. The van der Waals surface area contributed by atoms with Crippen molar-refractivity contribution in [3.63, 3.8) is 0 Å². The summed E-state index contributed by atoms with van der Waals surface area (Å²) in [5.41, 5.74) is 3.08. The van der Waals surface area contributed by atoms with E-state index < -0.39 is 0 Å². The van der Waals surface area contributed by atoms with Crippen LogP contribution in [-0.2, 0) is 0 Å². The molecule has 4 nitrogen and oxygen atoms in total. The van der Waals surface area contributed by atoms with E-state index in [9.17, 15) is 4.79 Å². The number of amides is 1. The summed E-state index contributed by atoms with van der Waals surface area (Å²) < 4.78 is 1.90. The van der Waals surface area contributed by atoms with Crippen LogP contribution in [0.3, 0.4) is 0 Å². The molecule has 2 aromatic heterocycles. The second-order valence-corrected chi connectivity index (χ2v) is 6.64. The van der Waals surface area contributed by atoms with Gasteiger partial charge in [-0.1, -0.05) is 0 Å². The smallest absolute Gasteiger partial charge is 0.255 e. The van der Waals surface area contributed by atoms with Gasteiger partial charge in [0.05, 0.1) is 25.4 Å². The maximum Gasteiger partial charge on any atom is 0.255 e. The highest BCUT2D eigenvalue weighted by molar-refractivity contribution is 9.10. The summed E-state index contributed by atoms with van der Waals surface area (Å²) in [6, 6.07) is 7.23. The number of hydrogen-bond donors (Lipinski definition) is 1. The van der Waals surface area contributed by atoms with Crippen LogP contribution >= 0.6 is 27.3 Å². The fourth-order valence-electron chi connectivity index (χ4n) is 2.05. The number of pyridine rings is 1. The van der Waals surface area contributed by atoms with Gasteiger partial charge in [0.15, 0.2) is 0 Å². The van der Waals surface area contributed by atoms with Crippen LogP contribution in [0.5, 0.6) is 0 Å². The number of carbonyl (C=O) groups is 1. The number of thiazole rings is 1. The quantitative estimate of drug-likeness (QED) is 0.739. The van der Waals surface area contributed by atoms with Crippen LogP contribution in [0.4, 0.5) is 5.69 Å². The molecule has 2 heterocycles. The summed E-state index contributed by atoms with van der Waals surface area (Å²) in [4.78, 5) is 20.8. The Morgan fingerprint density at radius 1 is 1.29 bits per heavy atom. The fraction of sp³-hybridized carbons (Fsp3) is 0.133. The number of aryl methyl sites for hydroxylation is 2. The molecule has 3 rings (SSSR count). The van der Waals surface area contributed by atoms with Crippen molar-refractivity contribution < 1.29 is 4.79 Å². The number of rotatable bonds is 2. The van der Waals surface area contributed by atoms with Crippen LogP contribution < -0.4 is 5.32 Å². The minimum Gasteiger partial charge on any atom is -0.321 e. The number of hydrogen-bond acceptors (Lipinski definition) is 4. The van der Waals surface area contributed by atoms with E-state index in [1.54, 1.807) is 29.7 Å². The molecule has 21 heavy (non-hydrogen) atoms. The molecule has 106 valence electrons. The van der Waals surface area contributed by atoms with E-state index in [1.807, 2.05) is 26.0 Å². The van der Waals surface area contributed by atoms with E-state index in [0.717, 1.165) is 31.1 Å². The van der Waals surface area contributed by atoms with Gasteiger partial charge in [0.25, 0.3) is 5.91 Å². The molecule has 0 aliphatic carbocycles. The zero-order valence-electron chi connectivity index (χ0n) is 11.5. The van der Waals surface area contributed by atoms with Gasteiger partial charge in [-0.05, 0) is 54.0 Å². The van der Waals surface area contributed by atoms with Crippen LogP contribution in [-0.4, -0.2) is 15.9 Å². The zero-order valence-corrected chi connectivity index (χ0v) is 13.9. The van der Waals surface area contributed by atoms with Gasteiger partial charge < -0.3 is 5.32 Å². The maximum atomic E-state index is 12.3. The third-order valence-corrected chi connectivity index (χ3v) is 5.10. The van der Waals surface area contributed by atoms with Crippen molar-refractivity contribution in [3.05, 3.63) is 51.2 Å². The lowest BCUT2D eigenvalue weighted by Crippen LogP contribution is -2.12. The van der Waals surface area contributed by atoms with Crippen molar-refractivity contribution in [2.45, 2.75) is 13.8 Å². The first-order valence-electron chi connectivity index (χ1n) is 6.34. The second-order valence-electron chi connectivity index (χ2n) is 4.65. The van der Waals surface area contributed by atoms with Crippen LogP contribution in [0.2, 0.25) is 0 Å². The Morgan fingerprint density at radius 2 is 2.10 bits per heavy atom. The Morgan fingerprint density at radius 3 is 2.86 bits per heavy atom. The zero-order chi connectivity index (χ0) is 15.0. The number of anilines is 1. The van der Waals surface area contributed by atoms with E-state index in [0.29, 0.717) is 5.56 Å². The minimum absolute atomic E-state index is 0.151. The van der Waals surface area contributed by atoms with Crippen LogP contribution in [0.15, 0.2) is 34.9 Å². The number of fused-ring (bicyclic) bond motifs is 1. The van der Waals surface area contributed by atoms with Gasteiger partial charge in [-0.3, -0.25) is 9.78 Å². The van der Waals surface area contributed by atoms with E-state index in [2.05, 4.69) is 31.2 Å². The van der Waals surface area contributed by atoms with Gasteiger partial charge in [-0.15, -0.1) is 11.3 Å². The molecule has 0 fully saturated rings. The highest BCUT2D eigenvalue weighted by atomic mass is 79.9. The van der Waals surface area contributed by atoms with Crippen molar-refractivity contribution in [2.75, 3.05) is 5.32 Å². The average Bonchev–Trinajstić information content (AvgIpc) is 2.83. The van der Waals surface area contributed by atoms with Gasteiger partial charge >= 0.3 is 0 Å². The SMILES string of the molecule is Cc1cc(C(=O)Nc2ccc3nc(C)sc3c2Br)ccn1. The molecule has 0 spiro atoms. The molecular weight excluding hydrogens is 350 g/mol. The third kappa shape index (κ3) is 2.82. The lowest BCUT2D eigenvalue weighted by molar-refractivity contribution is 0.102. The molecule has 3 aromatic rings. The number of halogens is 1. The topological polar surface area (TPSA) is 54.9 Å². The predicted octanol–water partition coefficient (Wildman–Crippen LogP) is 4.32. The molecule has 0 aliphatic heterocycles. The number of carbonyl (C=O) groups excluding carboxylic acids is 1. The first-order valence-corrected chi connectivity index (χ1v) is 7.95. The van der Waals surface area contributed by atoms with Crippen LogP contribution in [0.25, 0.3) is 10.2 Å². The molecular formula is C15H12BrN3OS. The van der Waals surface area contributed by atoms with Gasteiger partial charge in [0.2, 0.25) is 0 Å². The summed E-state index contributed by atoms with van der Waals surface area (Å²) in [6.45, 7) is 3.83. The highest BCUT2D eigenvalue weighted by Crippen LogP contribution is 2.35. The molecule has 1 amide bonds. The van der Waals surface area contributed by atoms with Gasteiger partial charge in [0.1, 0.15) is 0 Å². The predicted molar refractivity (Wildman–Crippen MR) is 89.0 cm³/mol. The summed E-state index contributed by atoms with van der Waals surface area (Å²) >= 11 is 5.15. The van der Waals surface area contributed by atoms with Gasteiger partial charge in [-0.25, -0.2) is 4.98 Å². The van der Waals surface area contributed by atoms with Gasteiger partial charge in [-0.2, -0.15) is 0 Å². The van der Waals surface area contributed by atoms with E-state index in [-0.39, 0.29) is 5.91 Å². The van der Waals surface area contributed by atoms with E-state index >= 15 is 0 Å². The number of aromatic nitrogens is 2. The standard InChI is InChI=1S/C15H12BrN3OS/c1-8-7-10(5-6-17-8)15(20)19-11-3-4-12-14(13(11)16)21-9(2)18-12/h3-7H,1-2H3,(H,19,20). The first kappa shape index (κ1) is 14.2. The van der Waals surface area contributed by atoms with Crippen LogP contribution in [0.1, 0.15) is 21.1 Å². The molecule has 0 atom stereocenters. The second kappa shape index (κ2) is 5.54. The number of nitrogens with zero attached hydrogens (tertiary/aromatic N) is 2. The lowest BCUT2D eigenvalue weighted by Gasteiger charge is -2.08. The Kier molecular flexibility index (Phi) is 3.73. The first-order chi connectivity index (χ1) is 10.0. The highest BCUT2D eigenvalue weighted by Gasteiger charge is 2.12. The average molecular weight is 362 g/mol. The molecule has 0 aliphatic rings. The molecule has 1 N–H and O–H groups in total. The maximum absolute atomic E-state index is 12.3. The molecule has 1 aromatic carbocycles. The van der Waals surface area contributed by atoms with Crippen molar-refractivity contribution in [1.82, 2.24) is 9.97 Å². The molecule has 0 radical (unpaired) electrons. The van der Waals surface area contributed by atoms with E-state index in [1.165, 1.54) is 0 Å². The Hall–Kier alpha value is -1.79. The third-order valence-electron chi connectivity index (χ3n) is 3.01. The number of nitrogens with one attached hydrogen (secondary N) is 1. The normalized spacial score (nSPS) is 10.8. The summed E-state index contributed by atoms with van der Waals surface area (Å²) in [6.07, 6.45) is 1.63. The van der Waals surface area contributed by atoms with E-state index in [4.69, 9.17) is 0 Å². The van der Waals surface area contributed by atoms with Crippen molar-refractivity contribution >= 4 is 49.1 Å². The minimum atomic E-state index is -0.151. The molecule has 0 bridgehead atoms. The summed E-state index contributed by atoms with van der Waals surface area (Å²) in [5.74, 6) is -0.151. The molecule has 6 heteroatoms. The molecule has 0 unspecified atom stereocenters. The molecule has 0 saturated carbocycles. The Labute approximate surface area is 134 Å². The van der Waals surface area contributed by atoms with Crippen molar-refractivity contribution in [1.29, 1.82) is 0 Å². The summed E-state index contributed by atoms with van der Waals surface area (Å²) in [7, 11) is 0. The van der Waals surface area contributed by atoms with Gasteiger partial charge in [0, 0.05) is 17.5 Å². The summed E-state index contributed by atoms with van der Waals surface area (Å²) in [5, 5.41) is 3.92. The molecule has 0 saturated heterocycles. The number of benzene rings is 1. The monoisotopic (exact) mass is 361 g/mol. The van der Waals surface area contributed by atoms with Crippen molar-refractivity contribution in [3.8, 4) is 0 Å². The van der Waals surface area contributed by atoms with Crippen LogP contribution in [0, 0.1) is 13.8 Å².